The Hall–Kier alpha value is -3.09. The summed E-state index contributed by atoms with van der Waals surface area (Å²) >= 11 is 0. The third-order valence-electron chi connectivity index (χ3n) is 4.48. The van der Waals surface area contributed by atoms with Crippen LogP contribution in [0.25, 0.3) is 0 Å². The van der Waals surface area contributed by atoms with Gasteiger partial charge in [-0.25, -0.2) is 4.98 Å². The van der Waals surface area contributed by atoms with E-state index in [2.05, 4.69) is 27.9 Å². The van der Waals surface area contributed by atoms with Crippen LogP contribution in [-0.4, -0.2) is 29.1 Å². The highest BCUT2D eigenvalue weighted by Gasteiger charge is 2.21. The number of aromatic nitrogens is 2. The van der Waals surface area contributed by atoms with E-state index in [0.717, 1.165) is 24.9 Å². The van der Waals surface area contributed by atoms with Crippen LogP contribution in [0.1, 0.15) is 42.1 Å². The summed E-state index contributed by atoms with van der Waals surface area (Å²) in [7, 11) is 0. The van der Waals surface area contributed by atoms with Crippen molar-refractivity contribution in [3.05, 3.63) is 57.0 Å². The van der Waals surface area contributed by atoms with Gasteiger partial charge in [0.2, 0.25) is 5.95 Å². The first-order valence-corrected chi connectivity index (χ1v) is 8.67. The van der Waals surface area contributed by atoms with E-state index < -0.39 is 0 Å². The molecule has 1 aliphatic rings. The molecule has 0 unspecified atom stereocenters. The van der Waals surface area contributed by atoms with E-state index in [-0.39, 0.29) is 11.6 Å². The highest BCUT2D eigenvalue weighted by molar-refractivity contribution is 5.46. The summed E-state index contributed by atoms with van der Waals surface area (Å²) in [4.78, 5) is 22.1. The molecule has 1 fully saturated rings. The largest absolute Gasteiger partial charge is 0.341 e. The molecule has 6 nitrogen and oxygen atoms in total. The molecule has 3 N–H and O–H groups in total. The molecule has 0 saturated carbocycles. The molecule has 0 radical (unpaired) electrons. The SMILES string of the molecule is CC#Cc1c(Cc2ccccc2C#N)nc(N2CCC[C@@H](N)C2)[nH]c1=O. The first-order valence-electron chi connectivity index (χ1n) is 8.67. The summed E-state index contributed by atoms with van der Waals surface area (Å²) < 4.78 is 0. The number of rotatable bonds is 3. The Bertz CT molecular complexity index is 961. The summed E-state index contributed by atoms with van der Waals surface area (Å²) in [5, 5.41) is 9.32. The predicted molar refractivity (Wildman–Crippen MR) is 101 cm³/mol. The first-order chi connectivity index (χ1) is 12.6. The highest BCUT2D eigenvalue weighted by atomic mass is 16.1. The van der Waals surface area contributed by atoms with Gasteiger partial charge in [-0.2, -0.15) is 5.26 Å². The van der Waals surface area contributed by atoms with Crippen molar-refractivity contribution in [3.8, 4) is 17.9 Å². The van der Waals surface area contributed by atoms with Gasteiger partial charge < -0.3 is 10.6 Å². The molecule has 2 heterocycles. The van der Waals surface area contributed by atoms with Gasteiger partial charge in [0.15, 0.2) is 0 Å². The van der Waals surface area contributed by atoms with E-state index in [4.69, 9.17) is 5.73 Å². The lowest BCUT2D eigenvalue weighted by atomic mass is 10.0. The minimum absolute atomic E-state index is 0.0759. The number of H-pyrrole nitrogens is 1. The number of hydrogen-bond donors (Lipinski definition) is 2. The van der Waals surface area contributed by atoms with Crippen LogP contribution in [0.4, 0.5) is 5.95 Å². The molecule has 1 atom stereocenters. The van der Waals surface area contributed by atoms with Crippen molar-refractivity contribution < 1.29 is 0 Å². The van der Waals surface area contributed by atoms with Crippen molar-refractivity contribution in [1.29, 1.82) is 5.26 Å². The van der Waals surface area contributed by atoms with Crippen LogP contribution in [0.3, 0.4) is 0 Å². The summed E-state index contributed by atoms with van der Waals surface area (Å²) in [5.41, 5.74) is 8.14. The van der Waals surface area contributed by atoms with Crippen LogP contribution in [0.15, 0.2) is 29.1 Å². The van der Waals surface area contributed by atoms with Gasteiger partial charge in [0.25, 0.3) is 5.56 Å². The molecule has 6 heteroatoms. The van der Waals surface area contributed by atoms with Gasteiger partial charge in [-0.1, -0.05) is 24.1 Å². The van der Waals surface area contributed by atoms with Crippen LogP contribution < -0.4 is 16.2 Å². The van der Waals surface area contributed by atoms with Crippen LogP contribution in [-0.2, 0) is 6.42 Å². The minimum atomic E-state index is -0.257. The highest BCUT2D eigenvalue weighted by Crippen LogP contribution is 2.18. The summed E-state index contributed by atoms with van der Waals surface area (Å²) in [6.45, 7) is 3.16. The molecule has 26 heavy (non-hydrogen) atoms. The number of piperidine rings is 1. The molecular weight excluding hydrogens is 326 g/mol. The van der Waals surface area contributed by atoms with E-state index in [9.17, 15) is 10.1 Å². The average Bonchev–Trinajstić information content (AvgIpc) is 2.64. The smallest absolute Gasteiger partial charge is 0.268 e. The van der Waals surface area contributed by atoms with E-state index in [0.29, 0.717) is 35.7 Å². The van der Waals surface area contributed by atoms with Crippen molar-refractivity contribution in [3.63, 3.8) is 0 Å². The minimum Gasteiger partial charge on any atom is -0.341 e. The van der Waals surface area contributed by atoms with Crippen molar-refractivity contribution >= 4 is 5.95 Å². The Morgan fingerprint density at radius 2 is 2.23 bits per heavy atom. The van der Waals surface area contributed by atoms with Crippen LogP contribution >= 0.6 is 0 Å². The number of benzene rings is 1. The summed E-state index contributed by atoms with van der Waals surface area (Å²) in [6.07, 6.45) is 2.32. The molecule has 1 saturated heterocycles. The van der Waals surface area contributed by atoms with E-state index in [1.807, 2.05) is 23.1 Å². The molecule has 1 aromatic heterocycles. The van der Waals surface area contributed by atoms with Crippen LogP contribution in [0, 0.1) is 23.2 Å². The fourth-order valence-corrected chi connectivity index (χ4v) is 3.20. The first kappa shape index (κ1) is 17.7. The molecule has 1 aromatic carbocycles. The normalized spacial score (nSPS) is 16.5. The maximum absolute atomic E-state index is 12.6. The van der Waals surface area contributed by atoms with Gasteiger partial charge in [-0.05, 0) is 31.4 Å². The number of aromatic amines is 1. The zero-order chi connectivity index (χ0) is 18.5. The standard InChI is InChI=1S/C20H21N5O/c1-2-6-17-18(11-14-7-3-4-8-15(14)12-21)23-20(24-19(17)26)25-10-5-9-16(22)13-25/h3-4,7-8,16H,5,9-11,13,22H2,1H3,(H,23,24,26)/t16-/m1/s1. The van der Waals surface area contributed by atoms with Gasteiger partial charge >= 0.3 is 0 Å². The molecule has 2 aromatic rings. The number of anilines is 1. The fourth-order valence-electron chi connectivity index (χ4n) is 3.20. The van der Waals surface area contributed by atoms with Crippen LogP contribution in [0.2, 0.25) is 0 Å². The molecule has 0 amide bonds. The number of nitrogens with one attached hydrogen (secondary N) is 1. The number of hydrogen-bond acceptors (Lipinski definition) is 5. The second-order valence-electron chi connectivity index (χ2n) is 6.38. The second kappa shape index (κ2) is 7.86. The van der Waals surface area contributed by atoms with Crippen molar-refractivity contribution in [2.24, 2.45) is 5.73 Å². The van der Waals surface area contributed by atoms with E-state index >= 15 is 0 Å². The lowest BCUT2D eigenvalue weighted by molar-refractivity contribution is 0.499. The monoisotopic (exact) mass is 347 g/mol. The maximum atomic E-state index is 12.6. The Labute approximate surface area is 152 Å². The molecule has 132 valence electrons. The number of nitrogens with two attached hydrogens (primary N) is 1. The fraction of sp³-hybridized carbons (Fsp3) is 0.350. The van der Waals surface area contributed by atoms with Crippen molar-refractivity contribution in [2.75, 3.05) is 18.0 Å². The molecule has 0 aliphatic carbocycles. The predicted octanol–water partition coefficient (Wildman–Crippen LogP) is 1.53. The molecular formula is C20H21N5O. The van der Waals surface area contributed by atoms with E-state index in [1.165, 1.54) is 0 Å². The third-order valence-corrected chi connectivity index (χ3v) is 4.48. The van der Waals surface area contributed by atoms with Gasteiger partial charge in [0.1, 0.15) is 5.56 Å². The van der Waals surface area contributed by atoms with Crippen molar-refractivity contribution in [1.82, 2.24) is 9.97 Å². The van der Waals surface area contributed by atoms with Gasteiger partial charge in [0, 0.05) is 25.6 Å². The lowest BCUT2D eigenvalue weighted by Gasteiger charge is -2.31. The number of nitrogens with zero attached hydrogens (tertiary/aromatic N) is 3. The van der Waals surface area contributed by atoms with Gasteiger partial charge in [-0.3, -0.25) is 9.78 Å². The Balaban J connectivity index is 2.05. The van der Waals surface area contributed by atoms with Crippen molar-refractivity contribution in [2.45, 2.75) is 32.2 Å². The Morgan fingerprint density at radius 3 is 2.96 bits per heavy atom. The van der Waals surface area contributed by atoms with E-state index in [1.54, 1.807) is 13.0 Å². The number of nitriles is 1. The molecule has 3 rings (SSSR count). The lowest BCUT2D eigenvalue weighted by Crippen LogP contribution is -2.44. The van der Waals surface area contributed by atoms with Gasteiger partial charge in [-0.15, -0.1) is 5.92 Å². The summed E-state index contributed by atoms with van der Waals surface area (Å²) in [6, 6.07) is 9.60. The second-order valence-corrected chi connectivity index (χ2v) is 6.38. The van der Waals surface area contributed by atoms with Crippen LogP contribution in [0.5, 0.6) is 0 Å². The zero-order valence-corrected chi connectivity index (χ0v) is 14.7. The summed E-state index contributed by atoms with van der Waals surface area (Å²) in [5.74, 6) is 6.16. The van der Waals surface area contributed by atoms with Gasteiger partial charge in [0.05, 0.1) is 17.3 Å². The average molecular weight is 347 g/mol. The topological polar surface area (TPSA) is 98.8 Å². The third kappa shape index (κ3) is 3.77. The Kier molecular flexibility index (Phi) is 5.36. The molecule has 0 spiro atoms. The zero-order valence-electron chi connectivity index (χ0n) is 14.7. The maximum Gasteiger partial charge on any atom is 0.268 e. The molecule has 0 bridgehead atoms. The Morgan fingerprint density at radius 1 is 1.42 bits per heavy atom. The quantitative estimate of drug-likeness (QED) is 0.821. The molecule has 1 aliphatic heterocycles.